The van der Waals surface area contributed by atoms with Gasteiger partial charge in [0.15, 0.2) is 17.0 Å². The fourth-order valence-corrected chi connectivity index (χ4v) is 4.76. The maximum atomic E-state index is 12.6. The van der Waals surface area contributed by atoms with Gasteiger partial charge in [-0.25, -0.2) is 0 Å². The smallest absolute Gasteiger partial charge is 0.260 e. The van der Waals surface area contributed by atoms with E-state index in [-0.39, 0.29) is 18.0 Å². The van der Waals surface area contributed by atoms with Crippen molar-refractivity contribution < 1.29 is 14.3 Å². The number of hydrogen-bond donors (Lipinski definition) is 2. The van der Waals surface area contributed by atoms with Crippen molar-refractivity contribution in [1.29, 1.82) is 5.26 Å². The van der Waals surface area contributed by atoms with Gasteiger partial charge < -0.3 is 20.1 Å². The van der Waals surface area contributed by atoms with E-state index in [0.717, 1.165) is 22.4 Å². The van der Waals surface area contributed by atoms with Crippen LogP contribution in [0.3, 0.4) is 0 Å². The van der Waals surface area contributed by atoms with Crippen LogP contribution in [-0.4, -0.2) is 18.0 Å². The molecule has 0 bridgehead atoms. The van der Waals surface area contributed by atoms with Crippen LogP contribution in [0.4, 0.5) is 5.69 Å². The molecule has 4 rings (SSSR count). The summed E-state index contributed by atoms with van der Waals surface area (Å²) in [5.74, 6) is 1.000. The van der Waals surface area contributed by atoms with Gasteiger partial charge >= 0.3 is 0 Å². The molecule has 3 aromatic rings. The van der Waals surface area contributed by atoms with E-state index in [1.165, 1.54) is 11.8 Å². The average Bonchev–Trinajstić information content (AvgIpc) is 3.19. The Morgan fingerprint density at radius 3 is 2.74 bits per heavy atom. The maximum absolute atomic E-state index is 12.6. The molecule has 178 valence electrons. The summed E-state index contributed by atoms with van der Waals surface area (Å²) in [4.78, 5) is 13.2. The summed E-state index contributed by atoms with van der Waals surface area (Å²) in [5.41, 5.74) is 3.82. The highest BCUT2D eigenvalue weighted by molar-refractivity contribution is 8.05. The minimum atomic E-state index is -0.289. The lowest BCUT2D eigenvalue weighted by Crippen LogP contribution is -2.31. The Morgan fingerprint density at radius 1 is 1.14 bits per heavy atom. The molecule has 8 heteroatoms. The average molecular weight is 506 g/mol. The quantitative estimate of drug-likeness (QED) is 0.360. The summed E-state index contributed by atoms with van der Waals surface area (Å²) >= 11 is 7.45. The molecule has 1 saturated heterocycles. The number of amides is 1. The maximum Gasteiger partial charge on any atom is 0.260 e. The van der Waals surface area contributed by atoms with E-state index in [4.69, 9.17) is 21.1 Å². The zero-order valence-electron chi connectivity index (χ0n) is 19.3. The molecule has 1 aliphatic heterocycles. The zero-order chi connectivity index (χ0) is 24.8. The Labute approximate surface area is 213 Å². The molecule has 1 fully saturated rings. The molecular weight excluding hydrogens is 482 g/mol. The zero-order valence-corrected chi connectivity index (χ0v) is 20.9. The number of hydrogen-bond acceptors (Lipinski definition) is 6. The van der Waals surface area contributed by atoms with Crippen LogP contribution < -0.4 is 20.1 Å². The van der Waals surface area contributed by atoms with Crippen molar-refractivity contribution in [3.05, 3.63) is 92.8 Å². The fraction of sp³-hybridized carbons (Fsp3) is 0.185. The molecule has 1 heterocycles. The number of halogens is 1. The van der Waals surface area contributed by atoms with E-state index in [1.54, 1.807) is 6.07 Å². The highest BCUT2D eigenvalue weighted by atomic mass is 35.5. The molecule has 1 atom stereocenters. The Kier molecular flexibility index (Phi) is 7.86. The van der Waals surface area contributed by atoms with Crippen molar-refractivity contribution in [3.63, 3.8) is 0 Å². The van der Waals surface area contributed by atoms with Gasteiger partial charge in [0.05, 0.1) is 23.1 Å². The minimum absolute atomic E-state index is 0.148. The molecule has 0 radical (unpaired) electrons. The Balaban J connectivity index is 1.48. The van der Waals surface area contributed by atoms with Crippen molar-refractivity contribution in [1.82, 2.24) is 5.32 Å². The third-order valence-corrected chi connectivity index (χ3v) is 6.56. The topological polar surface area (TPSA) is 83.4 Å². The minimum Gasteiger partial charge on any atom is -0.490 e. The number of ether oxygens (including phenoxy) is 2. The second kappa shape index (κ2) is 11.2. The first kappa shape index (κ1) is 24.5. The van der Waals surface area contributed by atoms with Gasteiger partial charge in [0.1, 0.15) is 6.61 Å². The van der Waals surface area contributed by atoms with Crippen LogP contribution in [0.5, 0.6) is 11.5 Å². The van der Waals surface area contributed by atoms with E-state index in [0.29, 0.717) is 33.6 Å². The number of anilines is 1. The molecule has 1 amide bonds. The van der Waals surface area contributed by atoms with Gasteiger partial charge in [-0.3, -0.25) is 4.79 Å². The molecule has 1 unspecified atom stereocenters. The van der Waals surface area contributed by atoms with Gasteiger partial charge in [0, 0.05) is 16.3 Å². The molecule has 0 aromatic heterocycles. The highest BCUT2D eigenvalue weighted by Gasteiger charge is 2.27. The van der Waals surface area contributed by atoms with Crippen molar-refractivity contribution in [3.8, 4) is 17.6 Å². The summed E-state index contributed by atoms with van der Waals surface area (Å²) < 4.78 is 11.8. The number of thioether (sulfide) groups is 1. The molecule has 1 aliphatic rings. The van der Waals surface area contributed by atoms with Crippen LogP contribution in [0, 0.1) is 18.3 Å². The van der Waals surface area contributed by atoms with Crippen molar-refractivity contribution in [2.45, 2.75) is 26.0 Å². The van der Waals surface area contributed by atoms with Crippen LogP contribution in [0.2, 0.25) is 5.02 Å². The van der Waals surface area contributed by atoms with E-state index in [9.17, 15) is 10.1 Å². The third kappa shape index (κ3) is 6.10. The lowest BCUT2D eigenvalue weighted by atomic mass is 10.1. The van der Waals surface area contributed by atoms with E-state index in [2.05, 4.69) is 16.7 Å². The number of benzene rings is 3. The van der Waals surface area contributed by atoms with Gasteiger partial charge in [0.25, 0.3) is 5.91 Å². The predicted octanol–water partition coefficient (Wildman–Crippen LogP) is 6.10. The third-order valence-electron chi connectivity index (χ3n) is 5.29. The van der Waals surface area contributed by atoms with Gasteiger partial charge in [0.2, 0.25) is 0 Å². The lowest BCUT2D eigenvalue weighted by molar-refractivity contribution is -0.116. The number of carbonyl (C=O) groups is 1. The second-order valence-corrected chi connectivity index (χ2v) is 9.36. The molecule has 6 nitrogen and oxygen atoms in total. The second-order valence-electron chi connectivity index (χ2n) is 7.78. The summed E-state index contributed by atoms with van der Waals surface area (Å²) in [6, 6.07) is 20.6. The van der Waals surface area contributed by atoms with Crippen molar-refractivity contribution in [2.24, 2.45) is 0 Å². The van der Waals surface area contributed by atoms with Crippen molar-refractivity contribution in [2.75, 3.05) is 11.9 Å². The van der Waals surface area contributed by atoms with E-state index >= 15 is 0 Å². The molecule has 2 N–H and O–H groups in total. The lowest BCUT2D eigenvalue weighted by Gasteiger charge is -2.15. The first-order valence-electron chi connectivity index (χ1n) is 11.1. The number of carbonyl (C=O) groups excluding carboxylic acids is 1. The van der Waals surface area contributed by atoms with Crippen LogP contribution >= 0.6 is 23.4 Å². The molecule has 35 heavy (non-hydrogen) atoms. The SMILES string of the molecule is CCOc1cc(/C=C2\SC(Nc3ccc(Cl)cc3C)NC2=O)ccc1OCc1ccccc1C#N. The van der Waals surface area contributed by atoms with Crippen molar-refractivity contribution >= 4 is 41.0 Å². The summed E-state index contributed by atoms with van der Waals surface area (Å²) in [6.45, 7) is 4.58. The Morgan fingerprint density at radius 2 is 1.97 bits per heavy atom. The number of nitrogens with one attached hydrogen (secondary N) is 2. The summed E-state index contributed by atoms with van der Waals surface area (Å²) in [5, 5.41) is 16.2. The monoisotopic (exact) mass is 505 g/mol. The Bertz CT molecular complexity index is 1320. The van der Waals surface area contributed by atoms with Crippen LogP contribution in [0.1, 0.15) is 29.2 Å². The first-order valence-corrected chi connectivity index (χ1v) is 12.3. The fourth-order valence-electron chi connectivity index (χ4n) is 3.56. The van der Waals surface area contributed by atoms with E-state index in [1.807, 2.05) is 74.5 Å². The van der Waals surface area contributed by atoms with Crippen LogP contribution in [-0.2, 0) is 11.4 Å². The largest absolute Gasteiger partial charge is 0.490 e. The highest BCUT2D eigenvalue weighted by Crippen LogP contribution is 2.34. The molecule has 0 aliphatic carbocycles. The van der Waals surface area contributed by atoms with Gasteiger partial charge in [-0.15, -0.1) is 0 Å². The first-order chi connectivity index (χ1) is 17.0. The van der Waals surface area contributed by atoms with Gasteiger partial charge in [-0.2, -0.15) is 5.26 Å². The Hall–Kier alpha value is -3.60. The van der Waals surface area contributed by atoms with Gasteiger partial charge in [-0.1, -0.05) is 47.6 Å². The van der Waals surface area contributed by atoms with Gasteiger partial charge in [-0.05, 0) is 67.4 Å². The number of rotatable bonds is 8. The summed E-state index contributed by atoms with van der Waals surface area (Å²) in [6.07, 6.45) is 1.83. The predicted molar refractivity (Wildman–Crippen MR) is 140 cm³/mol. The summed E-state index contributed by atoms with van der Waals surface area (Å²) in [7, 11) is 0. The number of aryl methyl sites for hydroxylation is 1. The molecule has 0 saturated carbocycles. The van der Waals surface area contributed by atoms with Crippen LogP contribution in [0.25, 0.3) is 6.08 Å². The molecule has 0 spiro atoms. The van der Waals surface area contributed by atoms with E-state index < -0.39 is 0 Å². The van der Waals surface area contributed by atoms with Crippen LogP contribution in [0.15, 0.2) is 65.6 Å². The number of nitrogens with zero attached hydrogens (tertiary/aromatic N) is 1. The standard InChI is InChI=1S/C27H24ClN3O3S/c1-3-33-24-13-18(8-11-23(24)34-16-20-7-5-4-6-19(20)15-29)14-25-26(32)31-27(35-25)30-22-10-9-21(28)12-17(22)2/h4-14,27,30H,3,16H2,1-2H3,(H,31,32)/b25-14-. The number of nitriles is 1. The normalized spacial score (nSPS) is 16.0. The molecular formula is C27H24ClN3O3S. The molecule has 3 aromatic carbocycles.